The number of rotatable bonds is 6. The molecule has 1 aromatic rings. The molecule has 1 atom stereocenters. The predicted octanol–water partition coefficient (Wildman–Crippen LogP) is 0.357. The highest BCUT2D eigenvalue weighted by atomic mass is 16.5. The molecule has 2 N–H and O–H groups in total. The van der Waals surface area contributed by atoms with Gasteiger partial charge in [0.15, 0.2) is 5.69 Å². The van der Waals surface area contributed by atoms with Crippen molar-refractivity contribution in [2.75, 3.05) is 26.8 Å². The highest BCUT2D eigenvalue weighted by Gasteiger charge is 2.19. The second-order valence-electron chi connectivity index (χ2n) is 5.10. The van der Waals surface area contributed by atoms with Crippen LogP contribution >= 0.6 is 0 Å². The van der Waals surface area contributed by atoms with Gasteiger partial charge < -0.3 is 15.4 Å². The first-order valence-corrected chi connectivity index (χ1v) is 7.17. The zero-order valence-corrected chi connectivity index (χ0v) is 12.1. The number of piperidine rings is 1. The summed E-state index contributed by atoms with van der Waals surface area (Å²) in [5.74, 6) is -0.186. The molecule has 2 heterocycles. The van der Waals surface area contributed by atoms with Crippen molar-refractivity contribution in [2.45, 2.75) is 38.3 Å². The zero-order valence-electron chi connectivity index (χ0n) is 12.1. The summed E-state index contributed by atoms with van der Waals surface area (Å²) in [6.07, 6.45) is 4.60. The molecule has 0 spiro atoms. The monoisotopic (exact) mass is 281 g/mol. The third kappa shape index (κ3) is 3.77. The van der Waals surface area contributed by atoms with Crippen LogP contribution in [0.1, 0.15) is 42.7 Å². The number of carbonyl (C=O) groups excluding carboxylic acids is 1. The lowest BCUT2D eigenvalue weighted by Crippen LogP contribution is -2.37. The Kier molecular flexibility index (Phi) is 5.49. The van der Waals surface area contributed by atoms with Gasteiger partial charge in [0, 0.05) is 7.11 Å². The first kappa shape index (κ1) is 14.9. The molecule has 112 valence electrons. The summed E-state index contributed by atoms with van der Waals surface area (Å²) in [7, 11) is 1.63. The Morgan fingerprint density at radius 1 is 1.60 bits per heavy atom. The minimum atomic E-state index is -0.186. The standard InChI is InChI=1S/C13H23N5O2/c1-3-10(9-20-2)15-13(19)12-8-18(17-16-12)11-4-6-14-7-5-11/h8,10-11,14H,3-7,9H2,1-2H3,(H,15,19). The molecule has 2 rings (SSSR count). The molecule has 1 unspecified atom stereocenters. The van der Waals surface area contributed by atoms with E-state index >= 15 is 0 Å². The Labute approximate surface area is 119 Å². The number of methoxy groups -OCH3 is 1. The van der Waals surface area contributed by atoms with Crippen LogP contribution in [-0.4, -0.2) is 53.7 Å². The average Bonchev–Trinajstić information content (AvgIpc) is 2.97. The Morgan fingerprint density at radius 3 is 3.00 bits per heavy atom. The maximum absolute atomic E-state index is 12.1. The molecule has 1 amide bonds. The van der Waals surface area contributed by atoms with E-state index in [4.69, 9.17) is 4.74 Å². The lowest BCUT2D eigenvalue weighted by atomic mass is 10.1. The number of hydrogen-bond acceptors (Lipinski definition) is 5. The molecule has 1 fully saturated rings. The van der Waals surface area contributed by atoms with E-state index in [1.165, 1.54) is 0 Å². The number of nitrogens with one attached hydrogen (secondary N) is 2. The Balaban J connectivity index is 1.95. The van der Waals surface area contributed by atoms with E-state index < -0.39 is 0 Å². The summed E-state index contributed by atoms with van der Waals surface area (Å²) in [5.41, 5.74) is 0.373. The third-order valence-electron chi connectivity index (χ3n) is 3.62. The van der Waals surface area contributed by atoms with Gasteiger partial charge in [0.25, 0.3) is 5.91 Å². The van der Waals surface area contributed by atoms with Crippen LogP contribution < -0.4 is 10.6 Å². The molecule has 7 heteroatoms. The van der Waals surface area contributed by atoms with E-state index in [1.54, 1.807) is 13.3 Å². The summed E-state index contributed by atoms with van der Waals surface area (Å²) < 4.78 is 6.88. The Hall–Kier alpha value is -1.47. The van der Waals surface area contributed by atoms with Crippen molar-refractivity contribution < 1.29 is 9.53 Å². The van der Waals surface area contributed by atoms with Crippen molar-refractivity contribution in [3.05, 3.63) is 11.9 Å². The van der Waals surface area contributed by atoms with Crippen molar-refractivity contribution >= 4 is 5.91 Å². The van der Waals surface area contributed by atoms with Crippen LogP contribution in [0.25, 0.3) is 0 Å². The summed E-state index contributed by atoms with van der Waals surface area (Å²) in [5, 5.41) is 14.3. The fourth-order valence-corrected chi connectivity index (χ4v) is 2.35. The van der Waals surface area contributed by atoms with Gasteiger partial charge >= 0.3 is 0 Å². The summed E-state index contributed by atoms with van der Waals surface area (Å²) in [6.45, 7) is 4.48. The molecule has 0 radical (unpaired) electrons. The first-order chi connectivity index (χ1) is 9.74. The van der Waals surface area contributed by atoms with E-state index in [0.29, 0.717) is 18.3 Å². The molecule has 1 aromatic heterocycles. The zero-order chi connectivity index (χ0) is 14.4. The fraction of sp³-hybridized carbons (Fsp3) is 0.769. The number of aromatic nitrogens is 3. The lowest BCUT2D eigenvalue weighted by Gasteiger charge is -2.22. The molecule has 7 nitrogen and oxygen atoms in total. The molecule has 1 aliphatic heterocycles. The molecule has 0 aromatic carbocycles. The third-order valence-corrected chi connectivity index (χ3v) is 3.62. The van der Waals surface area contributed by atoms with E-state index in [1.807, 2.05) is 11.6 Å². The van der Waals surface area contributed by atoms with Crippen molar-refractivity contribution in [3.8, 4) is 0 Å². The van der Waals surface area contributed by atoms with Gasteiger partial charge in [0.05, 0.1) is 24.9 Å². The van der Waals surface area contributed by atoms with Gasteiger partial charge in [0.2, 0.25) is 0 Å². The van der Waals surface area contributed by atoms with Crippen LogP contribution in [-0.2, 0) is 4.74 Å². The summed E-state index contributed by atoms with van der Waals surface area (Å²) in [4.78, 5) is 12.1. The van der Waals surface area contributed by atoms with Crippen molar-refractivity contribution in [1.82, 2.24) is 25.6 Å². The maximum atomic E-state index is 12.1. The van der Waals surface area contributed by atoms with Gasteiger partial charge in [-0.2, -0.15) is 0 Å². The minimum Gasteiger partial charge on any atom is -0.383 e. The van der Waals surface area contributed by atoms with Crippen LogP contribution in [0.4, 0.5) is 0 Å². The molecule has 1 saturated heterocycles. The molecular formula is C13H23N5O2. The van der Waals surface area contributed by atoms with Gasteiger partial charge in [-0.3, -0.25) is 4.79 Å². The summed E-state index contributed by atoms with van der Waals surface area (Å²) in [6, 6.07) is 0.350. The van der Waals surface area contributed by atoms with E-state index in [9.17, 15) is 4.79 Å². The fourth-order valence-electron chi connectivity index (χ4n) is 2.35. The van der Waals surface area contributed by atoms with Crippen molar-refractivity contribution in [1.29, 1.82) is 0 Å². The quantitative estimate of drug-likeness (QED) is 0.787. The van der Waals surface area contributed by atoms with E-state index in [2.05, 4.69) is 20.9 Å². The average molecular weight is 281 g/mol. The van der Waals surface area contributed by atoms with Crippen LogP contribution in [0, 0.1) is 0 Å². The molecular weight excluding hydrogens is 258 g/mol. The normalized spacial score (nSPS) is 17.9. The van der Waals surface area contributed by atoms with Gasteiger partial charge in [0.1, 0.15) is 0 Å². The van der Waals surface area contributed by atoms with Crippen LogP contribution in [0.3, 0.4) is 0 Å². The number of hydrogen-bond donors (Lipinski definition) is 2. The largest absolute Gasteiger partial charge is 0.383 e. The second kappa shape index (κ2) is 7.35. The highest BCUT2D eigenvalue weighted by molar-refractivity contribution is 5.92. The molecule has 0 bridgehead atoms. The van der Waals surface area contributed by atoms with Crippen molar-refractivity contribution in [3.63, 3.8) is 0 Å². The van der Waals surface area contributed by atoms with Gasteiger partial charge in [-0.05, 0) is 32.4 Å². The number of carbonyl (C=O) groups is 1. The van der Waals surface area contributed by atoms with Gasteiger partial charge in [-0.1, -0.05) is 12.1 Å². The topological polar surface area (TPSA) is 81.1 Å². The smallest absolute Gasteiger partial charge is 0.273 e. The SMILES string of the molecule is CCC(COC)NC(=O)c1cn(C2CCNCC2)nn1. The molecule has 1 aliphatic rings. The number of ether oxygens (including phenoxy) is 1. The van der Waals surface area contributed by atoms with Crippen molar-refractivity contribution in [2.24, 2.45) is 0 Å². The maximum Gasteiger partial charge on any atom is 0.273 e. The first-order valence-electron chi connectivity index (χ1n) is 7.17. The van der Waals surface area contributed by atoms with E-state index in [-0.39, 0.29) is 11.9 Å². The van der Waals surface area contributed by atoms with Crippen LogP contribution in [0.2, 0.25) is 0 Å². The number of amides is 1. The van der Waals surface area contributed by atoms with Gasteiger partial charge in [-0.25, -0.2) is 4.68 Å². The second-order valence-corrected chi connectivity index (χ2v) is 5.10. The predicted molar refractivity (Wildman–Crippen MR) is 74.6 cm³/mol. The van der Waals surface area contributed by atoms with Gasteiger partial charge in [-0.15, -0.1) is 5.10 Å². The van der Waals surface area contributed by atoms with E-state index in [0.717, 1.165) is 32.4 Å². The van der Waals surface area contributed by atoms with Crippen LogP contribution in [0.5, 0.6) is 0 Å². The molecule has 0 aliphatic carbocycles. The lowest BCUT2D eigenvalue weighted by molar-refractivity contribution is 0.0889. The number of nitrogens with zero attached hydrogens (tertiary/aromatic N) is 3. The Morgan fingerprint density at radius 2 is 2.35 bits per heavy atom. The molecule has 20 heavy (non-hydrogen) atoms. The van der Waals surface area contributed by atoms with Crippen LogP contribution in [0.15, 0.2) is 6.20 Å². The summed E-state index contributed by atoms with van der Waals surface area (Å²) >= 11 is 0. The molecule has 0 saturated carbocycles. The highest BCUT2D eigenvalue weighted by Crippen LogP contribution is 2.17. The Bertz CT molecular complexity index is 428. The minimum absolute atomic E-state index is 0.0107.